The Morgan fingerprint density at radius 1 is 0.537 bits per heavy atom. The van der Waals surface area contributed by atoms with Crippen LogP contribution in [0.1, 0.15) is 58.6 Å². The van der Waals surface area contributed by atoms with Gasteiger partial charge in [0.2, 0.25) is 5.91 Å². The number of hydrogen-bond acceptors (Lipinski definition) is 14. The Hall–Kier alpha value is -8.20. The quantitative estimate of drug-likeness (QED) is 0.0524. The van der Waals surface area contributed by atoms with Crippen LogP contribution in [0, 0.1) is 0 Å². The van der Waals surface area contributed by atoms with Gasteiger partial charge in [-0.15, -0.1) is 5.10 Å². The van der Waals surface area contributed by atoms with Gasteiger partial charge in [0, 0.05) is 19.2 Å². The largest absolute Gasteiger partial charge is 0.459 e. The second-order valence-corrected chi connectivity index (χ2v) is 20.3. The third-order valence-corrected chi connectivity index (χ3v) is 14.2. The first kappa shape index (κ1) is 57.1. The number of esters is 1. The van der Waals surface area contributed by atoms with Crippen LogP contribution in [0.25, 0.3) is 0 Å². The van der Waals surface area contributed by atoms with Crippen LogP contribution >= 0.6 is 0 Å². The summed E-state index contributed by atoms with van der Waals surface area (Å²) in [5, 5.41) is 11.8. The van der Waals surface area contributed by atoms with Gasteiger partial charge in [0.1, 0.15) is 48.9 Å². The predicted octanol–water partition coefficient (Wildman–Crippen LogP) is 7.51. The van der Waals surface area contributed by atoms with Gasteiger partial charge in [-0.25, -0.2) is 9.48 Å². The molecule has 2 aliphatic heterocycles. The maximum Gasteiger partial charge on any atom is 0.333 e. The number of carbonyl (C=O) groups is 2. The van der Waals surface area contributed by atoms with Gasteiger partial charge in [-0.1, -0.05) is 187 Å². The van der Waals surface area contributed by atoms with E-state index in [9.17, 15) is 19.2 Å². The summed E-state index contributed by atoms with van der Waals surface area (Å²) in [5.41, 5.74) is 4.67. The molecule has 18 heteroatoms. The van der Waals surface area contributed by atoms with E-state index in [1.165, 1.54) is 28.3 Å². The fraction of sp³-hybridized carbons (Fsp3) is 0.312. The highest BCUT2D eigenvalue weighted by Crippen LogP contribution is 2.36. The average molecular weight is 1110 g/mol. The Bertz CT molecular complexity index is 3370. The van der Waals surface area contributed by atoms with Crippen molar-refractivity contribution in [2.45, 2.75) is 121 Å². The number of ether oxygens (including phenoxy) is 8. The van der Waals surface area contributed by atoms with Gasteiger partial charge in [0.05, 0.1) is 77.5 Å². The highest BCUT2D eigenvalue weighted by molar-refractivity contribution is 5.74. The van der Waals surface area contributed by atoms with Crippen molar-refractivity contribution in [3.05, 3.63) is 260 Å². The van der Waals surface area contributed by atoms with E-state index < -0.39 is 72.2 Å². The molecule has 2 saturated heterocycles. The lowest BCUT2D eigenvalue weighted by Gasteiger charge is -2.46. The molecule has 82 heavy (non-hydrogen) atoms. The fourth-order valence-corrected chi connectivity index (χ4v) is 10.2. The van der Waals surface area contributed by atoms with E-state index in [0.29, 0.717) is 12.3 Å². The van der Waals surface area contributed by atoms with E-state index in [-0.39, 0.29) is 65.1 Å². The monoisotopic (exact) mass is 1110 g/mol. The summed E-state index contributed by atoms with van der Waals surface area (Å²) in [6.07, 6.45) is -3.86. The van der Waals surface area contributed by atoms with Crippen LogP contribution in [0.15, 0.2) is 210 Å². The Balaban J connectivity index is 0.874. The van der Waals surface area contributed by atoms with E-state index in [1.54, 1.807) is 10.9 Å². The van der Waals surface area contributed by atoms with Crippen molar-refractivity contribution in [2.24, 2.45) is 0 Å². The summed E-state index contributed by atoms with van der Waals surface area (Å²) >= 11 is 0. The van der Waals surface area contributed by atoms with Gasteiger partial charge in [-0.3, -0.25) is 23.5 Å². The second-order valence-electron chi connectivity index (χ2n) is 20.3. The van der Waals surface area contributed by atoms with Crippen molar-refractivity contribution in [3.8, 4) is 0 Å². The Kier molecular flexibility index (Phi) is 19.8. The minimum absolute atomic E-state index is 0.0494. The summed E-state index contributed by atoms with van der Waals surface area (Å²) in [5.74, 6) is -0.978. The summed E-state index contributed by atoms with van der Waals surface area (Å²) in [6.45, 7) is 2.45. The molecule has 2 aliphatic rings. The zero-order valence-corrected chi connectivity index (χ0v) is 45.5. The lowest BCUT2D eigenvalue weighted by atomic mass is 9.90. The number of nitrogens with zero attached hydrogens (tertiary/aromatic N) is 5. The number of hydrogen-bond donors (Lipinski definition) is 1. The van der Waals surface area contributed by atoms with Gasteiger partial charge in [0.25, 0.3) is 5.56 Å². The first-order chi connectivity index (χ1) is 40.2. The lowest BCUT2D eigenvalue weighted by Crippen LogP contribution is -2.65. The summed E-state index contributed by atoms with van der Waals surface area (Å²) in [7, 11) is 0. The van der Waals surface area contributed by atoms with Gasteiger partial charge < -0.3 is 43.2 Å². The van der Waals surface area contributed by atoms with E-state index >= 15 is 0 Å². The molecule has 0 unspecified atom stereocenters. The van der Waals surface area contributed by atoms with Crippen molar-refractivity contribution in [3.63, 3.8) is 0 Å². The molecule has 9 atom stereocenters. The number of rotatable bonds is 26. The molecule has 1 amide bonds. The molecule has 1 N–H and O–H groups in total. The van der Waals surface area contributed by atoms with Crippen molar-refractivity contribution < 1.29 is 47.5 Å². The molecule has 0 radical (unpaired) electrons. The minimum Gasteiger partial charge on any atom is -0.459 e. The molecule has 6 aromatic carbocycles. The molecule has 4 heterocycles. The Morgan fingerprint density at radius 3 is 1.54 bits per heavy atom. The SMILES string of the molecule is CC(=O)N[C@@H]1[C@@H](OCc2ccccc2)[C@H](OCc2ccccc2)[C@@H](COCc2ccccc2)O[C@@H]1CC(=O)OCc1cn(C[C@H]2O[C@@H](n3ccc(=O)n(Cc4ccccc4)c3=O)[C@H](OCc3ccccc3)[C@@H]2OCc2ccccc2)nn1. The van der Waals surface area contributed by atoms with Gasteiger partial charge >= 0.3 is 11.7 Å². The maximum atomic E-state index is 14.4. The van der Waals surface area contributed by atoms with Gasteiger partial charge in [0.15, 0.2) is 6.23 Å². The number of aromatic nitrogens is 5. The Labute approximate surface area is 475 Å². The summed E-state index contributed by atoms with van der Waals surface area (Å²) in [6, 6.07) is 58.2. The van der Waals surface area contributed by atoms with Crippen LogP contribution in [0.2, 0.25) is 0 Å². The summed E-state index contributed by atoms with van der Waals surface area (Å²) in [4.78, 5) is 54.8. The van der Waals surface area contributed by atoms with Crippen LogP contribution in [0.3, 0.4) is 0 Å². The predicted molar refractivity (Wildman–Crippen MR) is 301 cm³/mol. The van der Waals surface area contributed by atoms with Crippen molar-refractivity contribution >= 4 is 11.9 Å². The number of nitrogens with one attached hydrogen (secondary N) is 1. The number of carbonyl (C=O) groups excluding carboxylic acids is 2. The first-order valence-electron chi connectivity index (χ1n) is 27.4. The number of benzene rings is 6. The molecule has 2 fully saturated rings. The van der Waals surface area contributed by atoms with Gasteiger partial charge in [-0.05, 0) is 33.4 Å². The molecule has 0 saturated carbocycles. The molecule has 424 valence electrons. The molecule has 18 nitrogen and oxygen atoms in total. The minimum atomic E-state index is -1.04. The van der Waals surface area contributed by atoms with Gasteiger partial charge in [-0.2, -0.15) is 0 Å². The fourth-order valence-electron chi connectivity index (χ4n) is 10.2. The molecule has 8 aromatic rings. The normalized spacial score (nSPS) is 21.5. The van der Waals surface area contributed by atoms with E-state index in [2.05, 4.69) is 15.6 Å². The van der Waals surface area contributed by atoms with Crippen molar-refractivity contribution in [1.82, 2.24) is 29.4 Å². The zero-order valence-electron chi connectivity index (χ0n) is 45.5. The highest BCUT2D eigenvalue weighted by atomic mass is 16.6. The lowest BCUT2D eigenvalue weighted by molar-refractivity contribution is -0.234. The van der Waals surface area contributed by atoms with Crippen LogP contribution in [-0.2, 0) is 100 Å². The molecule has 10 rings (SSSR count). The zero-order chi connectivity index (χ0) is 56.5. The molecule has 2 aromatic heterocycles. The second kappa shape index (κ2) is 28.5. The van der Waals surface area contributed by atoms with E-state index in [0.717, 1.165) is 33.4 Å². The third-order valence-electron chi connectivity index (χ3n) is 14.2. The first-order valence-corrected chi connectivity index (χ1v) is 27.4. The standard InChI is InChI=1S/C64H66N6O12/c1-45(71)65-58-53(81-55(44-75-38-47-22-10-3-11-23-47)60(78-40-49-26-14-5-15-27-49)61(58)79-41-50-28-16-6-17-29-50)34-57(73)76-43-52-36-68(67-66-52)37-54-59(77-39-48-24-12-4-13-25-48)62(80-42-51-30-18-7-19-31-51)63(82-54)69-33-32-56(72)70(64(69)74)35-46-20-8-2-9-21-46/h2-33,36,53-55,58-63H,34-35,37-44H2,1H3,(H,65,71)/t53-,54-,55-,58+,59-,60-,61-,62-,63-/m1/s1. The van der Waals surface area contributed by atoms with Crippen LogP contribution in [0.4, 0.5) is 0 Å². The number of amides is 1. The molecular weight excluding hydrogens is 1040 g/mol. The summed E-state index contributed by atoms with van der Waals surface area (Å²) < 4.78 is 56.7. The third kappa shape index (κ3) is 15.4. The van der Waals surface area contributed by atoms with Crippen molar-refractivity contribution in [1.29, 1.82) is 0 Å². The Morgan fingerprint density at radius 2 is 1.01 bits per heavy atom. The van der Waals surface area contributed by atoms with E-state index in [4.69, 9.17) is 37.9 Å². The highest BCUT2D eigenvalue weighted by Gasteiger charge is 2.50. The van der Waals surface area contributed by atoms with Crippen LogP contribution < -0.4 is 16.6 Å². The molecular formula is C64H66N6O12. The van der Waals surface area contributed by atoms with Crippen LogP contribution in [-0.4, -0.2) is 91.4 Å². The molecule has 0 aliphatic carbocycles. The van der Waals surface area contributed by atoms with Crippen molar-refractivity contribution in [2.75, 3.05) is 6.61 Å². The van der Waals surface area contributed by atoms with E-state index in [1.807, 2.05) is 182 Å². The average Bonchev–Trinajstić information content (AvgIpc) is 4.19. The maximum absolute atomic E-state index is 14.4. The topological polar surface area (TPSA) is 195 Å². The molecule has 0 bridgehead atoms. The smallest absolute Gasteiger partial charge is 0.333 e. The van der Waals surface area contributed by atoms with Crippen LogP contribution in [0.5, 0.6) is 0 Å². The molecule has 0 spiro atoms.